The van der Waals surface area contributed by atoms with Gasteiger partial charge in [-0.05, 0) is 50.5 Å². The predicted octanol–water partition coefficient (Wildman–Crippen LogP) is 2.39. The van der Waals surface area contributed by atoms with Crippen molar-refractivity contribution in [1.29, 1.82) is 0 Å². The van der Waals surface area contributed by atoms with Crippen LogP contribution < -0.4 is 16.0 Å². The summed E-state index contributed by atoms with van der Waals surface area (Å²) in [5.41, 5.74) is -0.543. The second-order valence-corrected chi connectivity index (χ2v) is 8.20. The zero-order chi connectivity index (χ0) is 16.8. The molecule has 2 amide bonds. The quantitative estimate of drug-likeness (QED) is 0.643. The Hall–Kier alpha value is -0.810. The summed E-state index contributed by atoms with van der Waals surface area (Å²) in [5, 5.41) is 9.52. The predicted molar refractivity (Wildman–Crippen MR) is 102 cm³/mol. The summed E-state index contributed by atoms with van der Waals surface area (Å²) < 4.78 is 0. The van der Waals surface area contributed by atoms with E-state index < -0.39 is 5.41 Å². The van der Waals surface area contributed by atoms with Crippen LogP contribution in [0.2, 0.25) is 0 Å². The van der Waals surface area contributed by atoms with Crippen LogP contribution in [0.15, 0.2) is 0 Å². The van der Waals surface area contributed by atoms with E-state index in [1.807, 2.05) is 0 Å². The minimum Gasteiger partial charge on any atom is -0.356 e. The van der Waals surface area contributed by atoms with E-state index in [0.29, 0.717) is 24.8 Å². The molecule has 1 unspecified atom stereocenters. The second kappa shape index (κ2) is 9.77. The van der Waals surface area contributed by atoms with Gasteiger partial charge in [0.05, 0.1) is 5.41 Å². The Bertz CT molecular complexity index is 440. The number of rotatable bonds is 7. The van der Waals surface area contributed by atoms with Gasteiger partial charge in [-0.1, -0.05) is 25.7 Å². The monoisotopic (exact) mass is 371 g/mol. The number of halogens is 1. The van der Waals surface area contributed by atoms with Crippen LogP contribution in [0.5, 0.6) is 0 Å². The third-order valence-electron chi connectivity index (χ3n) is 6.31. The summed E-state index contributed by atoms with van der Waals surface area (Å²) in [6.45, 7) is 3.02. The van der Waals surface area contributed by atoms with Crippen molar-refractivity contribution in [2.24, 2.45) is 17.3 Å². The molecule has 3 rings (SSSR count). The molecule has 3 aliphatic rings. The highest BCUT2D eigenvalue weighted by molar-refractivity contribution is 5.89. The van der Waals surface area contributed by atoms with Crippen molar-refractivity contribution in [3.8, 4) is 0 Å². The summed E-state index contributed by atoms with van der Waals surface area (Å²) in [7, 11) is 0. The molecule has 2 aliphatic carbocycles. The molecule has 0 bridgehead atoms. The lowest BCUT2D eigenvalue weighted by Crippen LogP contribution is -2.47. The van der Waals surface area contributed by atoms with Gasteiger partial charge in [0, 0.05) is 26.1 Å². The molecule has 1 heterocycles. The van der Waals surface area contributed by atoms with Gasteiger partial charge in [-0.2, -0.15) is 0 Å². The summed E-state index contributed by atoms with van der Waals surface area (Å²) in [6, 6.07) is 0. The third kappa shape index (κ3) is 5.58. The minimum atomic E-state index is -0.543. The molecule has 0 radical (unpaired) electrons. The van der Waals surface area contributed by atoms with E-state index in [-0.39, 0.29) is 24.2 Å². The topological polar surface area (TPSA) is 70.2 Å². The molecule has 144 valence electrons. The van der Waals surface area contributed by atoms with Crippen LogP contribution in [0.25, 0.3) is 0 Å². The van der Waals surface area contributed by atoms with E-state index >= 15 is 0 Å². The number of hydrogen-bond donors (Lipinski definition) is 3. The van der Waals surface area contributed by atoms with Gasteiger partial charge < -0.3 is 16.0 Å². The van der Waals surface area contributed by atoms with E-state index in [1.54, 1.807) is 0 Å². The number of nitrogens with one attached hydrogen (secondary N) is 3. The lowest BCUT2D eigenvalue weighted by molar-refractivity contribution is -0.135. The molecule has 2 saturated carbocycles. The van der Waals surface area contributed by atoms with Crippen LogP contribution in [0, 0.1) is 17.3 Å². The highest BCUT2D eigenvalue weighted by Crippen LogP contribution is 2.31. The second-order valence-electron chi connectivity index (χ2n) is 8.20. The maximum absolute atomic E-state index is 12.8. The lowest BCUT2D eigenvalue weighted by Gasteiger charge is -2.27. The summed E-state index contributed by atoms with van der Waals surface area (Å²) in [4.78, 5) is 25.2. The molecule has 0 aromatic rings. The molecule has 0 spiro atoms. The Labute approximate surface area is 157 Å². The average Bonchev–Trinajstić information content (AvgIpc) is 3.32. The van der Waals surface area contributed by atoms with Crippen molar-refractivity contribution in [2.75, 3.05) is 26.2 Å². The Morgan fingerprint density at radius 2 is 1.48 bits per heavy atom. The number of carbonyl (C=O) groups excluding carboxylic acids is 2. The molecule has 6 heteroatoms. The number of amides is 2. The largest absolute Gasteiger partial charge is 0.356 e. The molecule has 25 heavy (non-hydrogen) atoms. The molecular formula is C19H34ClN3O2. The standard InChI is InChI=1S/C19H33N3O2.ClH/c23-17(21-12-15-5-1-2-6-15)11-19(9-10-20-14-19)18(24)22-13-16-7-3-4-8-16;/h15-16,20H,1-14H2,(H,21,23)(H,22,24);1H. The van der Waals surface area contributed by atoms with Gasteiger partial charge in [-0.25, -0.2) is 0 Å². The molecule has 3 fully saturated rings. The summed E-state index contributed by atoms with van der Waals surface area (Å²) in [6.07, 6.45) is 11.2. The Kier molecular flexibility index (Phi) is 8.01. The SMILES string of the molecule is Cl.O=C(CC1(C(=O)NCC2CCCC2)CCNC1)NCC1CCCC1. The molecule has 0 aromatic heterocycles. The number of hydrogen-bond acceptors (Lipinski definition) is 3. The maximum atomic E-state index is 12.8. The first-order valence-corrected chi connectivity index (χ1v) is 9.94. The van der Waals surface area contributed by atoms with Crippen LogP contribution in [-0.2, 0) is 9.59 Å². The Morgan fingerprint density at radius 1 is 0.920 bits per heavy atom. The van der Waals surface area contributed by atoms with Crippen molar-refractivity contribution in [3.05, 3.63) is 0 Å². The van der Waals surface area contributed by atoms with Crippen molar-refractivity contribution >= 4 is 24.2 Å². The average molecular weight is 372 g/mol. The molecule has 5 nitrogen and oxygen atoms in total. The zero-order valence-electron chi connectivity index (χ0n) is 15.3. The van der Waals surface area contributed by atoms with Gasteiger partial charge >= 0.3 is 0 Å². The first-order chi connectivity index (χ1) is 11.7. The van der Waals surface area contributed by atoms with E-state index in [0.717, 1.165) is 26.1 Å². The van der Waals surface area contributed by atoms with Gasteiger partial charge in [0.1, 0.15) is 0 Å². The van der Waals surface area contributed by atoms with Gasteiger partial charge in [-0.3, -0.25) is 9.59 Å². The molecule has 3 N–H and O–H groups in total. The van der Waals surface area contributed by atoms with Crippen LogP contribution in [0.1, 0.15) is 64.2 Å². The first-order valence-electron chi connectivity index (χ1n) is 9.94. The van der Waals surface area contributed by atoms with Gasteiger partial charge in [0.25, 0.3) is 0 Å². The van der Waals surface area contributed by atoms with Crippen molar-refractivity contribution in [3.63, 3.8) is 0 Å². The fourth-order valence-electron chi connectivity index (χ4n) is 4.65. The van der Waals surface area contributed by atoms with E-state index in [2.05, 4.69) is 16.0 Å². The van der Waals surface area contributed by atoms with Crippen molar-refractivity contribution in [2.45, 2.75) is 64.2 Å². The number of carbonyl (C=O) groups is 2. The van der Waals surface area contributed by atoms with Crippen LogP contribution in [0.3, 0.4) is 0 Å². The molecule has 1 aliphatic heterocycles. The fourth-order valence-corrected chi connectivity index (χ4v) is 4.65. The lowest BCUT2D eigenvalue weighted by atomic mass is 9.82. The van der Waals surface area contributed by atoms with Gasteiger partial charge in [0.2, 0.25) is 11.8 Å². The van der Waals surface area contributed by atoms with Crippen LogP contribution in [0.4, 0.5) is 0 Å². The fraction of sp³-hybridized carbons (Fsp3) is 0.895. The van der Waals surface area contributed by atoms with Crippen LogP contribution in [-0.4, -0.2) is 38.0 Å². The van der Waals surface area contributed by atoms with Gasteiger partial charge in [-0.15, -0.1) is 12.4 Å². The van der Waals surface area contributed by atoms with E-state index in [1.165, 1.54) is 51.4 Å². The maximum Gasteiger partial charge on any atom is 0.228 e. The highest BCUT2D eigenvalue weighted by Gasteiger charge is 2.43. The van der Waals surface area contributed by atoms with Crippen molar-refractivity contribution in [1.82, 2.24) is 16.0 Å². The molecule has 1 atom stereocenters. The molecule has 0 aromatic carbocycles. The highest BCUT2D eigenvalue weighted by atomic mass is 35.5. The smallest absolute Gasteiger partial charge is 0.228 e. The van der Waals surface area contributed by atoms with Crippen LogP contribution >= 0.6 is 12.4 Å². The first kappa shape index (κ1) is 20.5. The van der Waals surface area contributed by atoms with Crippen molar-refractivity contribution < 1.29 is 9.59 Å². The Balaban J connectivity index is 0.00000225. The zero-order valence-corrected chi connectivity index (χ0v) is 16.1. The summed E-state index contributed by atoms with van der Waals surface area (Å²) >= 11 is 0. The van der Waals surface area contributed by atoms with Gasteiger partial charge in [0.15, 0.2) is 0 Å². The summed E-state index contributed by atoms with van der Waals surface area (Å²) in [5.74, 6) is 1.40. The third-order valence-corrected chi connectivity index (χ3v) is 6.31. The molecular weight excluding hydrogens is 338 g/mol. The minimum absolute atomic E-state index is 0. The molecule has 1 saturated heterocycles. The normalized spacial score (nSPS) is 27.2. The van der Waals surface area contributed by atoms with E-state index in [9.17, 15) is 9.59 Å². The Morgan fingerprint density at radius 3 is 2.00 bits per heavy atom. The van der Waals surface area contributed by atoms with E-state index in [4.69, 9.17) is 0 Å².